The molecule has 0 bridgehead atoms. The minimum atomic E-state index is -0.268. The van der Waals surface area contributed by atoms with E-state index in [0.717, 1.165) is 19.3 Å². The summed E-state index contributed by atoms with van der Waals surface area (Å²) in [5.41, 5.74) is 1.22. The fourth-order valence-electron chi connectivity index (χ4n) is 1.09. The molecule has 0 amide bonds. The Morgan fingerprint density at radius 3 is 2.64 bits per heavy atom. The van der Waals surface area contributed by atoms with Crippen molar-refractivity contribution < 1.29 is 9.53 Å². The van der Waals surface area contributed by atoms with Crippen LogP contribution in [0.5, 0.6) is 0 Å². The number of carbonyl (C=O) groups excluding carboxylic acids is 1. The van der Waals surface area contributed by atoms with E-state index in [-0.39, 0.29) is 5.97 Å². The van der Waals surface area contributed by atoms with Crippen molar-refractivity contribution in [2.45, 2.75) is 40.0 Å². The van der Waals surface area contributed by atoms with Crippen LogP contribution in [0.3, 0.4) is 0 Å². The van der Waals surface area contributed by atoms with Crippen LogP contribution in [0.15, 0.2) is 24.5 Å². The van der Waals surface area contributed by atoms with Gasteiger partial charge in [0, 0.05) is 6.92 Å². The fourth-order valence-corrected chi connectivity index (χ4v) is 1.09. The zero-order valence-electron chi connectivity index (χ0n) is 9.38. The second-order valence-electron chi connectivity index (χ2n) is 3.76. The highest BCUT2D eigenvalue weighted by Crippen LogP contribution is 2.12. The normalized spacial score (nSPS) is 12.8. The van der Waals surface area contributed by atoms with Crippen LogP contribution < -0.4 is 0 Å². The van der Waals surface area contributed by atoms with Crippen LogP contribution in [0.25, 0.3) is 0 Å². The molecule has 0 spiro atoms. The number of carbonyl (C=O) groups is 1. The summed E-state index contributed by atoms with van der Waals surface area (Å²) >= 11 is 0. The first kappa shape index (κ1) is 12.9. The van der Waals surface area contributed by atoms with Gasteiger partial charge in [-0.15, -0.1) is 6.58 Å². The molecule has 0 aromatic rings. The zero-order chi connectivity index (χ0) is 11.0. The molecule has 2 nitrogen and oxygen atoms in total. The van der Waals surface area contributed by atoms with Crippen molar-refractivity contribution in [1.29, 1.82) is 0 Å². The summed E-state index contributed by atoms with van der Waals surface area (Å²) in [7, 11) is 0. The Balaban J connectivity index is 3.54. The van der Waals surface area contributed by atoms with E-state index < -0.39 is 0 Å². The molecule has 80 valence electrons. The van der Waals surface area contributed by atoms with Crippen molar-refractivity contribution in [3.8, 4) is 0 Å². The van der Waals surface area contributed by atoms with E-state index in [1.807, 2.05) is 13.0 Å². The van der Waals surface area contributed by atoms with Crippen LogP contribution in [0.4, 0.5) is 0 Å². The lowest BCUT2D eigenvalue weighted by atomic mass is 10.0. The first-order valence-electron chi connectivity index (χ1n) is 5.00. The van der Waals surface area contributed by atoms with Crippen LogP contribution in [-0.4, -0.2) is 5.97 Å². The minimum absolute atomic E-state index is 0.268. The van der Waals surface area contributed by atoms with Crippen molar-refractivity contribution >= 4 is 5.97 Å². The predicted molar refractivity (Wildman–Crippen MR) is 58.7 cm³/mol. The molecule has 0 heterocycles. The molecule has 0 aromatic carbocycles. The van der Waals surface area contributed by atoms with E-state index in [2.05, 4.69) is 13.5 Å². The number of hydrogen-bond donors (Lipinski definition) is 0. The highest BCUT2D eigenvalue weighted by molar-refractivity contribution is 5.66. The molecule has 0 saturated carbocycles. The second-order valence-corrected chi connectivity index (χ2v) is 3.76. The molecule has 0 N–H and O–H groups in total. The van der Waals surface area contributed by atoms with E-state index in [1.165, 1.54) is 18.8 Å². The van der Waals surface area contributed by atoms with Crippen molar-refractivity contribution in [3.05, 3.63) is 24.5 Å². The third-order valence-electron chi connectivity index (χ3n) is 1.90. The molecule has 0 aromatic heterocycles. The summed E-state index contributed by atoms with van der Waals surface area (Å²) in [5, 5.41) is 0. The molecule has 1 atom stereocenters. The standard InChI is InChI=1S/C12H20O2/c1-10(2)6-5-7-11(3)8-9-14-12(4)13/h8-9,11H,1,5-7H2,2-4H3. The predicted octanol–water partition coefficient (Wildman–Crippen LogP) is 3.45. The van der Waals surface area contributed by atoms with Crippen molar-refractivity contribution in [1.82, 2.24) is 0 Å². The van der Waals surface area contributed by atoms with Gasteiger partial charge in [-0.25, -0.2) is 0 Å². The molecular weight excluding hydrogens is 176 g/mol. The number of esters is 1. The van der Waals surface area contributed by atoms with Crippen molar-refractivity contribution in [3.63, 3.8) is 0 Å². The number of rotatable bonds is 6. The molecule has 0 rings (SSSR count). The molecule has 0 fully saturated rings. The molecule has 0 aliphatic carbocycles. The third kappa shape index (κ3) is 9.04. The summed E-state index contributed by atoms with van der Waals surface area (Å²) in [5.74, 6) is 0.184. The number of allylic oxidation sites excluding steroid dienone is 2. The van der Waals surface area contributed by atoms with Gasteiger partial charge in [0.1, 0.15) is 0 Å². The average Bonchev–Trinajstić information content (AvgIpc) is 2.02. The smallest absolute Gasteiger partial charge is 0.307 e. The van der Waals surface area contributed by atoms with Gasteiger partial charge in [-0.2, -0.15) is 0 Å². The van der Waals surface area contributed by atoms with Crippen molar-refractivity contribution in [2.24, 2.45) is 5.92 Å². The zero-order valence-corrected chi connectivity index (χ0v) is 9.38. The topological polar surface area (TPSA) is 26.3 Å². The fraction of sp³-hybridized carbons (Fsp3) is 0.583. The maximum absolute atomic E-state index is 10.4. The van der Waals surface area contributed by atoms with Crippen LogP contribution in [0.2, 0.25) is 0 Å². The summed E-state index contributed by atoms with van der Waals surface area (Å²) in [6, 6.07) is 0. The molecular formula is C12H20O2. The Morgan fingerprint density at radius 1 is 1.50 bits per heavy atom. The Bertz CT molecular complexity index is 216. The van der Waals surface area contributed by atoms with Gasteiger partial charge in [-0.05, 0) is 38.2 Å². The quantitative estimate of drug-likeness (QED) is 0.369. The maximum Gasteiger partial charge on any atom is 0.307 e. The lowest BCUT2D eigenvalue weighted by molar-refractivity contribution is -0.135. The van der Waals surface area contributed by atoms with E-state index in [0.29, 0.717) is 5.92 Å². The lowest BCUT2D eigenvalue weighted by Gasteiger charge is -2.05. The van der Waals surface area contributed by atoms with Gasteiger partial charge in [0.25, 0.3) is 0 Å². The van der Waals surface area contributed by atoms with Crippen LogP contribution in [0, 0.1) is 5.92 Å². The molecule has 14 heavy (non-hydrogen) atoms. The Hall–Kier alpha value is -1.05. The van der Waals surface area contributed by atoms with Gasteiger partial charge in [-0.1, -0.05) is 12.5 Å². The molecule has 0 saturated heterocycles. The molecule has 0 radical (unpaired) electrons. The number of ether oxygens (including phenoxy) is 1. The highest BCUT2D eigenvalue weighted by atomic mass is 16.5. The van der Waals surface area contributed by atoms with Crippen LogP contribution >= 0.6 is 0 Å². The van der Waals surface area contributed by atoms with Crippen molar-refractivity contribution in [2.75, 3.05) is 0 Å². The Morgan fingerprint density at radius 2 is 2.14 bits per heavy atom. The molecule has 0 aliphatic heterocycles. The van der Waals surface area contributed by atoms with Crippen LogP contribution in [0.1, 0.15) is 40.0 Å². The van der Waals surface area contributed by atoms with Gasteiger partial charge >= 0.3 is 5.97 Å². The minimum Gasteiger partial charge on any atom is -0.435 e. The van der Waals surface area contributed by atoms with Crippen LogP contribution in [-0.2, 0) is 9.53 Å². The largest absolute Gasteiger partial charge is 0.435 e. The summed E-state index contributed by atoms with van der Waals surface area (Å²) in [6.07, 6.45) is 6.71. The van der Waals surface area contributed by atoms with E-state index in [9.17, 15) is 4.79 Å². The first-order valence-corrected chi connectivity index (χ1v) is 5.00. The van der Waals surface area contributed by atoms with Gasteiger partial charge < -0.3 is 4.74 Å². The van der Waals surface area contributed by atoms with E-state index >= 15 is 0 Å². The van der Waals surface area contributed by atoms with Gasteiger partial charge in [-0.3, -0.25) is 4.79 Å². The Labute approximate surface area is 86.6 Å². The Kier molecular flexibility index (Phi) is 6.81. The van der Waals surface area contributed by atoms with Gasteiger partial charge in [0.2, 0.25) is 0 Å². The molecule has 2 heteroatoms. The molecule has 0 aliphatic rings. The highest BCUT2D eigenvalue weighted by Gasteiger charge is 1.97. The average molecular weight is 196 g/mol. The first-order chi connectivity index (χ1) is 6.52. The lowest BCUT2D eigenvalue weighted by Crippen LogP contribution is -1.93. The van der Waals surface area contributed by atoms with Gasteiger partial charge in [0.05, 0.1) is 6.26 Å². The summed E-state index contributed by atoms with van der Waals surface area (Å²) in [4.78, 5) is 10.4. The third-order valence-corrected chi connectivity index (χ3v) is 1.90. The summed E-state index contributed by atoms with van der Waals surface area (Å²) < 4.78 is 4.70. The summed E-state index contributed by atoms with van der Waals surface area (Å²) in [6.45, 7) is 9.40. The second kappa shape index (κ2) is 7.36. The monoisotopic (exact) mass is 196 g/mol. The van der Waals surface area contributed by atoms with E-state index in [1.54, 1.807) is 0 Å². The maximum atomic E-state index is 10.4. The van der Waals surface area contributed by atoms with Gasteiger partial charge in [0.15, 0.2) is 0 Å². The molecule has 1 unspecified atom stereocenters. The number of hydrogen-bond acceptors (Lipinski definition) is 2. The SMILES string of the molecule is C=C(C)CCCC(C)C=COC(C)=O. The van der Waals surface area contributed by atoms with E-state index in [4.69, 9.17) is 4.74 Å².